The van der Waals surface area contributed by atoms with E-state index in [4.69, 9.17) is 14.2 Å². The van der Waals surface area contributed by atoms with Crippen molar-refractivity contribution in [3.63, 3.8) is 0 Å². The average Bonchev–Trinajstić information content (AvgIpc) is 2.88. The molecule has 0 saturated heterocycles. The number of benzene rings is 2. The lowest BCUT2D eigenvalue weighted by molar-refractivity contribution is -0.164. The molecule has 0 bridgehead atoms. The van der Waals surface area contributed by atoms with Crippen molar-refractivity contribution in [2.45, 2.75) is 52.1 Å². The third kappa shape index (κ3) is 9.41. The van der Waals surface area contributed by atoms with Crippen LogP contribution in [0.2, 0.25) is 0 Å². The Kier molecular flexibility index (Phi) is 12.6. The molecule has 0 radical (unpaired) electrons. The molecule has 2 aromatic rings. The molecule has 8 heteroatoms. The van der Waals surface area contributed by atoms with Crippen molar-refractivity contribution >= 4 is 12.0 Å². The summed E-state index contributed by atoms with van der Waals surface area (Å²) in [6.07, 6.45) is 3.59. The molecule has 0 aromatic heterocycles. The smallest absolute Gasteiger partial charge is 0.340 e. The molecule has 0 fully saturated rings. The summed E-state index contributed by atoms with van der Waals surface area (Å²) >= 11 is 0. The Morgan fingerprint density at radius 2 is 1.56 bits per heavy atom. The SMILES string of the molecule is CCCCNC(=O)N(CCCCOc1ccccc1)CCOc1ccc(C(C)(OCC)C(=O)O)cc1. The third-order valence-corrected chi connectivity index (χ3v) is 5.80. The second kappa shape index (κ2) is 15.7. The molecule has 0 aliphatic carbocycles. The predicted octanol–water partition coefficient (Wildman–Crippen LogP) is 5.07. The average molecular weight is 501 g/mol. The zero-order valence-electron chi connectivity index (χ0n) is 21.7. The third-order valence-electron chi connectivity index (χ3n) is 5.80. The number of carboxylic acid groups (broad SMARTS) is 1. The first kappa shape index (κ1) is 29.0. The molecular formula is C28H40N2O6. The van der Waals surface area contributed by atoms with E-state index in [0.717, 1.165) is 31.4 Å². The van der Waals surface area contributed by atoms with Crippen LogP contribution in [0.3, 0.4) is 0 Å². The Balaban J connectivity index is 1.85. The number of hydrogen-bond acceptors (Lipinski definition) is 5. The molecule has 2 N–H and O–H groups in total. The van der Waals surface area contributed by atoms with E-state index in [1.807, 2.05) is 30.3 Å². The summed E-state index contributed by atoms with van der Waals surface area (Å²) in [6, 6.07) is 16.4. The fraction of sp³-hybridized carbons (Fsp3) is 0.500. The van der Waals surface area contributed by atoms with E-state index in [-0.39, 0.29) is 12.6 Å². The molecule has 2 rings (SSSR count). The lowest BCUT2D eigenvalue weighted by Crippen LogP contribution is -2.43. The highest BCUT2D eigenvalue weighted by molar-refractivity contribution is 5.79. The van der Waals surface area contributed by atoms with Gasteiger partial charge in [0.2, 0.25) is 0 Å². The van der Waals surface area contributed by atoms with E-state index in [9.17, 15) is 14.7 Å². The number of carbonyl (C=O) groups is 2. The number of para-hydroxylation sites is 1. The van der Waals surface area contributed by atoms with Gasteiger partial charge in [0.25, 0.3) is 0 Å². The van der Waals surface area contributed by atoms with Gasteiger partial charge in [-0.1, -0.05) is 43.7 Å². The maximum absolute atomic E-state index is 12.7. The first-order chi connectivity index (χ1) is 17.4. The van der Waals surface area contributed by atoms with E-state index >= 15 is 0 Å². The summed E-state index contributed by atoms with van der Waals surface area (Å²) in [5.74, 6) is 0.401. The van der Waals surface area contributed by atoms with E-state index in [2.05, 4.69) is 12.2 Å². The molecular weight excluding hydrogens is 460 g/mol. The molecule has 198 valence electrons. The van der Waals surface area contributed by atoms with Crippen molar-refractivity contribution in [3.05, 3.63) is 60.2 Å². The van der Waals surface area contributed by atoms with Crippen LogP contribution in [0, 0.1) is 0 Å². The van der Waals surface area contributed by atoms with Gasteiger partial charge in [-0.2, -0.15) is 0 Å². The number of unbranched alkanes of at least 4 members (excludes halogenated alkanes) is 2. The van der Waals surface area contributed by atoms with Crippen LogP contribution < -0.4 is 14.8 Å². The highest BCUT2D eigenvalue weighted by Gasteiger charge is 2.35. The van der Waals surface area contributed by atoms with E-state index < -0.39 is 11.6 Å². The number of carboxylic acids is 1. The summed E-state index contributed by atoms with van der Waals surface area (Å²) in [6.45, 7) is 8.27. The van der Waals surface area contributed by atoms with Gasteiger partial charge < -0.3 is 29.5 Å². The van der Waals surface area contributed by atoms with Gasteiger partial charge in [-0.25, -0.2) is 9.59 Å². The van der Waals surface area contributed by atoms with E-state index in [0.29, 0.717) is 44.2 Å². The lowest BCUT2D eigenvalue weighted by atomic mass is 9.96. The van der Waals surface area contributed by atoms with Crippen LogP contribution in [-0.4, -0.2) is 61.5 Å². The van der Waals surface area contributed by atoms with Crippen molar-refractivity contribution in [1.29, 1.82) is 0 Å². The molecule has 8 nitrogen and oxygen atoms in total. The Labute approximate surface area is 214 Å². The second-order valence-corrected chi connectivity index (χ2v) is 8.59. The molecule has 2 aromatic carbocycles. The largest absolute Gasteiger partial charge is 0.494 e. The minimum atomic E-state index is -1.41. The van der Waals surface area contributed by atoms with Crippen LogP contribution >= 0.6 is 0 Å². The zero-order chi connectivity index (χ0) is 26.2. The molecule has 2 amide bonds. The van der Waals surface area contributed by atoms with Gasteiger partial charge in [-0.05, 0) is 62.9 Å². The fourth-order valence-electron chi connectivity index (χ4n) is 3.61. The monoisotopic (exact) mass is 500 g/mol. The summed E-state index contributed by atoms with van der Waals surface area (Å²) in [5, 5.41) is 12.5. The number of nitrogens with zero attached hydrogens (tertiary/aromatic N) is 1. The van der Waals surface area contributed by atoms with Gasteiger partial charge in [0, 0.05) is 19.7 Å². The molecule has 36 heavy (non-hydrogen) atoms. The topological polar surface area (TPSA) is 97.3 Å². The highest BCUT2D eigenvalue weighted by atomic mass is 16.5. The van der Waals surface area contributed by atoms with Crippen molar-refractivity contribution in [1.82, 2.24) is 10.2 Å². The summed E-state index contributed by atoms with van der Waals surface area (Å²) < 4.78 is 17.1. The molecule has 0 spiro atoms. The molecule has 1 atom stereocenters. The maximum atomic E-state index is 12.7. The van der Waals surface area contributed by atoms with Crippen molar-refractivity contribution in [3.8, 4) is 11.5 Å². The van der Waals surface area contributed by atoms with Crippen molar-refractivity contribution in [2.75, 3.05) is 39.5 Å². The molecule has 1 unspecified atom stereocenters. The zero-order valence-corrected chi connectivity index (χ0v) is 21.7. The van der Waals surface area contributed by atoms with Crippen molar-refractivity contribution < 1.29 is 28.9 Å². The van der Waals surface area contributed by atoms with Gasteiger partial charge in [-0.15, -0.1) is 0 Å². The highest BCUT2D eigenvalue weighted by Crippen LogP contribution is 2.27. The first-order valence-corrected chi connectivity index (χ1v) is 12.7. The first-order valence-electron chi connectivity index (χ1n) is 12.7. The lowest BCUT2D eigenvalue weighted by Gasteiger charge is -2.25. The number of carbonyl (C=O) groups excluding carboxylic acids is 1. The van der Waals surface area contributed by atoms with Gasteiger partial charge in [0.15, 0.2) is 5.60 Å². The Morgan fingerprint density at radius 3 is 2.19 bits per heavy atom. The molecule has 0 aliphatic heterocycles. The Bertz CT molecular complexity index is 906. The van der Waals surface area contributed by atoms with Gasteiger partial charge >= 0.3 is 12.0 Å². The number of ether oxygens (including phenoxy) is 3. The number of rotatable bonds is 17. The van der Waals surface area contributed by atoms with Crippen LogP contribution in [0.4, 0.5) is 4.79 Å². The van der Waals surface area contributed by atoms with Gasteiger partial charge in [-0.3, -0.25) is 0 Å². The quantitative estimate of drug-likeness (QED) is 0.294. The number of nitrogens with one attached hydrogen (secondary N) is 1. The Hall–Kier alpha value is -3.26. The minimum Gasteiger partial charge on any atom is -0.494 e. The van der Waals surface area contributed by atoms with Crippen LogP contribution in [0.15, 0.2) is 54.6 Å². The molecule has 0 saturated carbocycles. The van der Waals surface area contributed by atoms with Gasteiger partial charge in [0.05, 0.1) is 13.2 Å². The Morgan fingerprint density at radius 1 is 0.889 bits per heavy atom. The fourth-order valence-corrected chi connectivity index (χ4v) is 3.61. The van der Waals surface area contributed by atoms with Crippen LogP contribution in [0.5, 0.6) is 11.5 Å². The van der Waals surface area contributed by atoms with E-state index in [1.165, 1.54) is 6.92 Å². The predicted molar refractivity (Wildman–Crippen MR) is 140 cm³/mol. The summed E-state index contributed by atoms with van der Waals surface area (Å²) in [4.78, 5) is 26.1. The maximum Gasteiger partial charge on any atom is 0.340 e. The van der Waals surface area contributed by atoms with Gasteiger partial charge in [0.1, 0.15) is 18.1 Å². The number of hydrogen-bond donors (Lipinski definition) is 2. The molecule has 0 aliphatic rings. The summed E-state index contributed by atoms with van der Waals surface area (Å²) in [7, 11) is 0. The number of amides is 2. The standard InChI is InChI=1S/C28H40N2O6/c1-4-6-18-29-27(33)30(19-10-11-21-34-24-12-8-7-9-13-24)20-22-35-25-16-14-23(15-17-25)28(3,26(31)32)36-5-2/h7-9,12-17H,4-6,10-11,18-22H2,1-3H3,(H,29,33)(H,31,32). The number of urea groups is 1. The van der Waals surface area contributed by atoms with Crippen molar-refractivity contribution in [2.24, 2.45) is 0 Å². The second-order valence-electron chi connectivity index (χ2n) is 8.59. The van der Waals surface area contributed by atoms with Crippen LogP contribution in [-0.2, 0) is 15.1 Å². The minimum absolute atomic E-state index is 0.0969. The van der Waals surface area contributed by atoms with Crippen LogP contribution in [0.1, 0.15) is 52.0 Å². The molecule has 0 heterocycles. The number of aliphatic carboxylic acids is 1. The van der Waals surface area contributed by atoms with Crippen LogP contribution in [0.25, 0.3) is 0 Å². The van der Waals surface area contributed by atoms with E-state index in [1.54, 1.807) is 36.1 Å². The summed E-state index contributed by atoms with van der Waals surface area (Å²) in [5.41, 5.74) is -0.871. The normalized spacial score (nSPS) is 12.4.